The normalized spacial score (nSPS) is 13.7. The molecule has 0 aliphatic carbocycles. The number of nitrogens with one attached hydrogen (secondary N) is 1. The van der Waals surface area contributed by atoms with Crippen molar-refractivity contribution < 1.29 is 14.6 Å². The van der Waals surface area contributed by atoms with Gasteiger partial charge in [-0.3, -0.25) is 4.90 Å². The van der Waals surface area contributed by atoms with E-state index in [1.807, 2.05) is 58.2 Å². The molecular weight excluding hydrogens is 376 g/mol. The fourth-order valence-electron chi connectivity index (χ4n) is 3.49. The Bertz CT molecular complexity index is 786. The van der Waals surface area contributed by atoms with Gasteiger partial charge in [0.25, 0.3) is 0 Å². The number of alkyl carbamates (subject to hydrolysis) is 1. The Morgan fingerprint density at radius 3 is 2.27 bits per heavy atom. The average Bonchev–Trinajstić information content (AvgIpc) is 2.67. The third-order valence-electron chi connectivity index (χ3n) is 4.90. The van der Waals surface area contributed by atoms with E-state index in [0.29, 0.717) is 13.0 Å². The van der Waals surface area contributed by atoms with Crippen molar-refractivity contribution in [3.8, 4) is 0 Å². The fourth-order valence-corrected chi connectivity index (χ4v) is 3.49. The number of amides is 1. The first-order chi connectivity index (χ1) is 14.2. The zero-order chi connectivity index (χ0) is 22.1. The number of ether oxygens (including phenoxy) is 1. The van der Waals surface area contributed by atoms with Crippen LogP contribution in [-0.4, -0.2) is 47.4 Å². The number of aliphatic hydroxyl groups excluding tert-OH is 1. The quantitative estimate of drug-likeness (QED) is 0.649. The second-order valence-electron chi connectivity index (χ2n) is 8.83. The summed E-state index contributed by atoms with van der Waals surface area (Å²) in [4.78, 5) is 14.5. The Hall–Kier alpha value is -2.37. The first-order valence-corrected chi connectivity index (χ1v) is 10.6. The molecule has 5 nitrogen and oxygen atoms in total. The number of hydrogen-bond acceptors (Lipinski definition) is 4. The Labute approximate surface area is 181 Å². The molecule has 0 aliphatic heterocycles. The zero-order valence-corrected chi connectivity index (χ0v) is 18.9. The van der Waals surface area contributed by atoms with Crippen molar-refractivity contribution in [1.29, 1.82) is 0 Å². The van der Waals surface area contributed by atoms with E-state index >= 15 is 0 Å². The first kappa shape index (κ1) is 23.9. The number of rotatable bonds is 9. The van der Waals surface area contributed by atoms with Crippen molar-refractivity contribution in [2.24, 2.45) is 0 Å². The largest absolute Gasteiger partial charge is 0.444 e. The molecule has 0 aromatic heterocycles. The molecule has 2 aromatic rings. The highest BCUT2D eigenvalue weighted by Crippen LogP contribution is 2.15. The third-order valence-corrected chi connectivity index (χ3v) is 4.90. The van der Waals surface area contributed by atoms with Gasteiger partial charge in [0.15, 0.2) is 0 Å². The molecular formula is C25H36N2O3. The van der Waals surface area contributed by atoms with Gasteiger partial charge in [-0.05, 0) is 57.4 Å². The van der Waals surface area contributed by atoms with Gasteiger partial charge in [-0.15, -0.1) is 0 Å². The molecule has 2 aromatic carbocycles. The molecule has 0 bridgehead atoms. The maximum absolute atomic E-state index is 12.4. The van der Waals surface area contributed by atoms with Gasteiger partial charge in [0, 0.05) is 13.1 Å². The van der Waals surface area contributed by atoms with Crippen LogP contribution < -0.4 is 5.32 Å². The number of aryl methyl sites for hydroxylation is 1. The molecule has 0 spiro atoms. The van der Waals surface area contributed by atoms with Gasteiger partial charge in [0.2, 0.25) is 0 Å². The summed E-state index contributed by atoms with van der Waals surface area (Å²) in [5, 5.41) is 13.9. The van der Waals surface area contributed by atoms with E-state index < -0.39 is 23.8 Å². The predicted octanol–water partition coefficient (Wildman–Crippen LogP) is 4.18. The van der Waals surface area contributed by atoms with Gasteiger partial charge < -0.3 is 15.2 Å². The van der Waals surface area contributed by atoms with Crippen molar-refractivity contribution >= 4 is 6.09 Å². The van der Waals surface area contributed by atoms with Gasteiger partial charge >= 0.3 is 6.09 Å². The minimum absolute atomic E-state index is 0.434. The number of aliphatic hydroxyl groups is 1. The van der Waals surface area contributed by atoms with Crippen LogP contribution in [-0.2, 0) is 24.1 Å². The molecule has 164 valence electrons. The van der Waals surface area contributed by atoms with Crippen LogP contribution in [0.5, 0.6) is 0 Å². The molecule has 0 saturated heterocycles. The summed E-state index contributed by atoms with van der Waals surface area (Å²) in [5.74, 6) is 0. The van der Waals surface area contributed by atoms with E-state index in [4.69, 9.17) is 4.74 Å². The minimum Gasteiger partial charge on any atom is -0.444 e. The summed E-state index contributed by atoms with van der Waals surface area (Å²) in [7, 11) is 1.97. The highest BCUT2D eigenvalue weighted by molar-refractivity contribution is 5.68. The van der Waals surface area contributed by atoms with Crippen LogP contribution in [0.1, 0.15) is 44.4 Å². The van der Waals surface area contributed by atoms with Gasteiger partial charge in [-0.25, -0.2) is 4.79 Å². The Balaban J connectivity index is 2.11. The lowest BCUT2D eigenvalue weighted by molar-refractivity contribution is 0.0376. The van der Waals surface area contributed by atoms with E-state index in [9.17, 15) is 9.90 Å². The van der Waals surface area contributed by atoms with Crippen molar-refractivity contribution in [2.45, 2.75) is 64.8 Å². The molecule has 0 heterocycles. The van der Waals surface area contributed by atoms with E-state index in [1.54, 1.807) is 0 Å². The molecule has 0 aliphatic rings. The summed E-state index contributed by atoms with van der Waals surface area (Å²) in [6, 6.07) is 17.8. The van der Waals surface area contributed by atoms with Crippen LogP contribution in [0.15, 0.2) is 54.6 Å². The Morgan fingerprint density at radius 1 is 1.07 bits per heavy atom. The number of benzene rings is 2. The second kappa shape index (κ2) is 11.1. The minimum atomic E-state index is -0.740. The van der Waals surface area contributed by atoms with Crippen LogP contribution in [0.25, 0.3) is 0 Å². The fraction of sp³-hybridized carbons (Fsp3) is 0.480. The molecule has 30 heavy (non-hydrogen) atoms. The molecule has 2 atom stereocenters. The van der Waals surface area contributed by atoms with Crippen molar-refractivity contribution in [3.05, 3.63) is 71.3 Å². The van der Waals surface area contributed by atoms with Crippen LogP contribution in [0.2, 0.25) is 0 Å². The van der Waals surface area contributed by atoms with Crippen molar-refractivity contribution in [2.75, 3.05) is 13.6 Å². The van der Waals surface area contributed by atoms with Crippen molar-refractivity contribution in [1.82, 2.24) is 10.2 Å². The average molecular weight is 413 g/mol. The summed E-state index contributed by atoms with van der Waals surface area (Å²) in [5.41, 5.74) is 2.94. The maximum Gasteiger partial charge on any atom is 0.407 e. The van der Waals surface area contributed by atoms with Gasteiger partial charge in [-0.1, -0.05) is 61.5 Å². The molecule has 1 amide bonds. The second-order valence-corrected chi connectivity index (χ2v) is 8.83. The first-order valence-electron chi connectivity index (χ1n) is 10.6. The summed E-state index contributed by atoms with van der Waals surface area (Å²) in [6.45, 7) is 8.76. The Kier molecular flexibility index (Phi) is 8.88. The highest BCUT2D eigenvalue weighted by Gasteiger charge is 2.26. The van der Waals surface area contributed by atoms with E-state index in [1.165, 1.54) is 11.1 Å². The van der Waals surface area contributed by atoms with Gasteiger partial charge in [-0.2, -0.15) is 0 Å². The van der Waals surface area contributed by atoms with Crippen LogP contribution in [0.4, 0.5) is 4.79 Å². The highest BCUT2D eigenvalue weighted by atomic mass is 16.6. The number of hydrogen-bond donors (Lipinski definition) is 2. The van der Waals surface area contributed by atoms with Gasteiger partial charge in [0.1, 0.15) is 5.60 Å². The molecule has 0 radical (unpaired) electrons. The SMILES string of the molecule is CCc1ccccc1C[C@H](NC(=O)OC(C)(C)C)[C@H](O)CN(C)Cc1ccccc1. The Morgan fingerprint density at radius 2 is 1.67 bits per heavy atom. The zero-order valence-electron chi connectivity index (χ0n) is 18.9. The molecule has 0 saturated carbocycles. The molecule has 0 fully saturated rings. The maximum atomic E-state index is 12.4. The molecule has 0 unspecified atom stereocenters. The molecule has 2 N–H and O–H groups in total. The van der Waals surface area contributed by atoms with E-state index in [2.05, 4.69) is 41.4 Å². The van der Waals surface area contributed by atoms with E-state index in [0.717, 1.165) is 18.5 Å². The topological polar surface area (TPSA) is 61.8 Å². The third kappa shape index (κ3) is 8.17. The lowest BCUT2D eigenvalue weighted by Gasteiger charge is -2.30. The number of carbonyl (C=O) groups excluding carboxylic acids is 1. The predicted molar refractivity (Wildman–Crippen MR) is 121 cm³/mol. The summed E-state index contributed by atoms with van der Waals surface area (Å²) in [6.07, 6.45) is 0.200. The smallest absolute Gasteiger partial charge is 0.407 e. The van der Waals surface area contributed by atoms with Crippen molar-refractivity contribution in [3.63, 3.8) is 0 Å². The monoisotopic (exact) mass is 412 g/mol. The van der Waals surface area contributed by atoms with Gasteiger partial charge in [0.05, 0.1) is 12.1 Å². The summed E-state index contributed by atoms with van der Waals surface area (Å²) >= 11 is 0. The van der Waals surface area contributed by atoms with Crippen LogP contribution >= 0.6 is 0 Å². The lowest BCUT2D eigenvalue weighted by Crippen LogP contribution is -2.50. The summed E-state index contributed by atoms with van der Waals surface area (Å²) < 4.78 is 5.44. The molecule has 5 heteroatoms. The number of nitrogens with zero attached hydrogens (tertiary/aromatic N) is 1. The standard InChI is InChI=1S/C25H36N2O3/c1-6-20-14-10-11-15-21(20)16-22(26-24(29)30-25(2,3)4)23(28)18-27(5)17-19-12-8-7-9-13-19/h7-15,22-23,28H,6,16-18H2,1-5H3,(H,26,29)/t22-,23+/m0/s1. The lowest BCUT2D eigenvalue weighted by atomic mass is 9.95. The van der Waals surface area contributed by atoms with Crippen LogP contribution in [0, 0.1) is 0 Å². The number of likely N-dealkylation sites (N-methyl/N-ethyl adjacent to an activating group) is 1. The van der Waals surface area contributed by atoms with E-state index in [-0.39, 0.29) is 0 Å². The number of carbonyl (C=O) groups is 1. The molecule has 2 rings (SSSR count). The van der Waals surface area contributed by atoms with Crippen LogP contribution in [0.3, 0.4) is 0 Å².